The van der Waals surface area contributed by atoms with Crippen molar-refractivity contribution in [2.75, 3.05) is 37.2 Å². The first-order valence-electron chi connectivity index (χ1n) is 12.3. The van der Waals surface area contributed by atoms with E-state index < -0.39 is 29.7 Å². The van der Waals surface area contributed by atoms with Gasteiger partial charge in [-0.15, -0.1) is 0 Å². The number of nitrogen functional groups attached to an aromatic ring is 1. The van der Waals surface area contributed by atoms with E-state index in [1.54, 1.807) is 4.90 Å². The largest absolute Gasteiger partial charge is 0.419 e. The van der Waals surface area contributed by atoms with Crippen LogP contribution in [0.4, 0.5) is 33.7 Å². The zero-order valence-corrected chi connectivity index (χ0v) is 19.8. The SMILES string of the molecule is Nc1cccc([C@]23CC[C@@H](N(CCN4CC[C@@H](O)C4)C(=O)Nc4ccc(F)c(C(F)(F)F)c4)[C@H]2C3)c1. The van der Waals surface area contributed by atoms with Gasteiger partial charge in [0.15, 0.2) is 0 Å². The topological polar surface area (TPSA) is 81.8 Å². The van der Waals surface area contributed by atoms with E-state index in [1.807, 2.05) is 18.2 Å². The summed E-state index contributed by atoms with van der Waals surface area (Å²) in [6, 6.07) is 9.71. The number of hydrogen-bond donors (Lipinski definition) is 3. The summed E-state index contributed by atoms with van der Waals surface area (Å²) >= 11 is 0. The lowest BCUT2D eigenvalue weighted by atomic mass is 9.93. The molecular weight excluding hydrogens is 476 g/mol. The first-order valence-corrected chi connectivity index (χ1v) is 12.3. The van der Waals surface area contributed by atoms with Gasteiger partial charge in [-0.1, -0.05) is 12.1 Å². The summed E-state index contributed by atoms with van der Waals surface area (Å²) in [6.07, 6.45) is -2.00. The number of halogens is 4. The van der Waals surface area contributed by atoms with Gasteiger partial charge in [-0.3, -0.25) is 4.90 Å². The number of nitrogens with zero attached hydrogens (tertiary/aromatic N) is 2. The average Bonchev–Trinajstić information content (AvgIpc) is 3.22. The second kappa shape index (κ2) is 9.23. The predicted molar refractivity (Wildman–Crippen MR) is 128 cm³/mol. The molecule has 10 heteroatoms. The van der Waals surface area contributed by atoms with Crippen molar-refractivity contribution >= 4 is 17.4 Å². The number of hydrogen-bond acceptors (Lipinski definition) is 4. The van der Waals surface area contributed by atoms with Crippen molar-refractivity contribution in [2.45, 2.75) is 49.4 Å². The van der Waals surface area contributed by atoms with E-state index in [0.29, 0.717) is 37.8 Å². The van der Waals surface area contributed by atoms with Gasteiger partial charge >= 0.3 is 12.2 Å². The molecule has 0 unspecified atom stereocenters. The third-order valence-electron chi connectivity index (χ3n) is 8.03. The maximum atomic E-state index is 13.7. The molecule has 0 radical (unpaired) electrons. The number of amides is 2. The van der Waals surface area contributed by atoms with Crippen LogP contribution in [0, 0.1) is 11.7 Å². The molecule has 3 fully saturated rings. The number of aliphatic hydroxyl groups excluding tert-OH is 1. The highest BCUT2D eigenvalue weighted by Crippen LogP contribution is 2.65. The van der Waals surface area contributed by atoms with Crippen LogP contribution in [-0.4, -0.2) is 59.3 Å². The average molecular weight is 507 g/mol. The smallest absolute Gasteiger partial charge is 0.399 e. The Bertz CT molecular complexity index is 1140. The Hall–Kier alpha value is -2.85. The minimum Gasteiger partial charge on any atom is -0.399 e. The van der Waals surface area contributed by atoms with E-state index in [0.717, 1.165) is 43.5 Å². The number of carbonyl (C=O) groups excluding carboxylic acids is 1. The van der Waals surface area contributed by atoms with Crippen LogP contribution in [0.15, 0.2) is 42.5 Å². The van der Waals surface area contributed by atoms with Gasteiger partial charge in [0.1, 0.15) is 5.82 Å². The molecule has 5 rings (SSSR count). The van der Waals surface area contributed by atoms with Gasteiger partial charge in [-0.2, -0.15) is 13.2 Å². The maximum absolute atomic E-state index is 13.7. The van der Waals surface area contributed by atoms with E-state index in [9.17, 15) is 27.5 Å². The second-order valence-electron chi connectivity index (χ2n) is 10.3. The molecule has 2 saturated carbocycles. The molecule has 1 heterocycles. The van der Waals surface area contributed by atoms with Crippen LogP contribution in [0.2, 0.25) is 0 Å². The van der Waals surface area contributed by atoms with Crippen molar-refractivity contribution in [1.29, 1.82) is 0 Å². The van der Waals surface area contributed by atoms with E-state index in [2.05, 4.69) is 16.3 Å². The van der Waals surface area contributed by atoms with Crippen LogP contribution in [0.3, 0.4) is 0 Å². The maximum Gasteiger partial charge on any atom is 0.419 e. The number of nitrogens with one attached hydrogen (secondary N) is 1. The van der Waals surface area contributed by atoms with Crippen molar-refractivity contribution in [3.8, 4) is 0 Å². The summed E-state index contributed by atoms with van der Waals surface area (Å²) in [7, 11) is 0. The number of carbonyl (C=O) groups is 1. The highest BCUT2D eigenvalue weighted by molar-refractivity contribution is 5.89. The molecule has 0 spiro atoms. The Balaban J connectivity index is 1.35. The van der Waals surface area contributed by atoms with Crippen molar-refractivity contribution in [1.82, 2.24) is 9.80 Å². The van der Waals surface area contributed by atoms with Crippen LogP contribution in [0.25, 0.3) is 0 Å². The number of fused-ring (bicyclic) bond motifs is 1. The van der Waals surface area contributed by atoms with Crippen molar-refractivity contribution in [2.24, 2.45) is 5.92 Å². The summed E-state index contributed by atoms with van der Waals surface area (Å²) in [5.41, 5.74) is 6.30. The molecule has 194 valence electrons. The third-order valence-corrected chi connectivity index (χ3v) is 8.03. The number of benzene rings is 2. The van der Waals surface area contributed by atoms with Crippen LogP contribution in [-0.2, 0) is 11.6 Å². The molecule has 1 aliphatic heterocycles. The zero-order chi connectivity index (χ0) is 25.7. The Morgan fingerprint density at radius 1 is 1.22 bits per heavy atom. The van der Waals surface area contributed by atoms with Crippen molar-refractivity contribution in [3.05, 3.63) is 59.4 Å². The number of rotatable bonds is 6. The number of alkyl halides is 3. The summed E-state index contributed by atoms with van der Waals surface area (Å²) in [5, 5.41) is 12.4. The van der Waals surface area contributed by atoms with Crippen LogP contribution < -0.4 is 11.1 Å². The summed E-state index contributed by atoms with van der Waals surface area (Å²) in [6.45, 7) is 2.19. The molecule has 0 aromatic heterocycles. The molecule has 4 atom stereocenters. The lowest BCUT2D eigenvalue weighted by molar-refractivity contribution is -0.139. The molecule has 4 N–H and O–H groups in total. The minimum absolute atomic E-state index is 0.0399. The minimum atomic E-state index is -4.86. The summed E-state index contributed by atoms with van der Waals surface area (Å²) in [5.74, 6) is -1.15. The quantitative estimate of drug-likeness (QED) is 0.400. The lowest BCUT2D eigenvalue weighted by Gasteiger charge is -2.32. The molecular formula is C26H30F4N4O2. The number of aliphatic hydroxyl groups is 1. The Morgan fingerprint density at radius 2 is 2.03 bits per heavy atom. The third kappa shape index (κ3) is 4.76. The van der Waals surface area contributed by atoms with E-state index in [1.165, 1.54) is 0 Å². The van der Waals surface area contributed by atoms with Crippen LogP contribution >= 0.6 is 0 Å². The number of β-amino-alcohol motifs (C(OH)–C–C–N with tert-alkyl or cyclic N) is 1. The second-order valence-corrected chi connectivity index (χ2v) is 10.3. The monoisotopic (exact) mass is 506 g/mol. The Kier molecular flexibility index (Phi) is 6.36. The standard InChI is InChI=1S/C26H30F4N4O2/c27-22-5-4-18(13-20(22)26(28,29)30)32-24(36)34(11-10-33-9-7-19(35)15-33)23-6-8-25(14-21(23)25)16-2-1-3-17(31)12-16/h1-5,12-13,19,21,23,35H,6-11,14-15,31H2,(H,32,36)/t19-,21-,23-,25-/m1/s1. The fourth-order valence-corrected chi connectivity index (χ4v) is 6.13. The number of urea groups is 1. The van der Waals surface area contributed by atoms with Crippen LogP contribution in [0.1, 0.15) is 36.8 Å². The van der Waals surface area contributed by atoms with Gasteiger partial charge in [-0.25, -0.2) is 9.18 Å². The Morgan fingerprint density at radius 3 is 2.69 bits per heavy atom. The molecule has 2 amide bonds. The molecule has 36 heavy (non-hydrogen) atoms. The number of anilines is 2. The fraction of sp³-hybridized carbons (Fsp3) is 0.500. The van der Waals surface area contributed by atoms with Crippen molar-refractivity contribution in [3.63, 3.8) is 0 Å². The first-order chi connectivity index (χ1) is 17.1. The lowest BCUT2D eigenvalue weighted by Crippen LogP contribution is -2.47. The molecule has 2 aliphatic carbocycles. The van der Waals surface area contributed by atoms with Gasteiger partial charge in [-0.05, 0) is 67.5 Å². The van der Waals surface area contributed by atoms with E-state index >= 15 is 0 Å². The van der Waals surface area contributed by atoms with Gasteiger partial charge in [0.25, 0.3) is 0 Å². The highest BCUT2D eigenvalue weighted by Gasteiger charge is 2.64. The molecule has 1 saturated heterocycles. The summed E-state index contributed by atoms with van der Waals surface area (Å²) in [4.78, 5) is 17.2. The van der Waals surface area contributed by atoms with E-state index in [-0.39, 0.29) is 23.1 Å². The molecule has 2 aromatic rings. The Labute approximate surface area is 207 Å². The normalized spacial score (nSPS) is 27.6. The molecule has 3 aliphatic rings. The van der Waals surface area contributed by atoms with Crippen LogP contribution in [0.5, 0.6) is 0 Å². The number of likely N-dealkylation sites (tertiary alicyclic amines) is 1. The van der Waals surface area contributed by atoms with Gasteiger partial charge in [0.05, 0.1) is 11.7 Å². The van der Waals surface area contributed by atoms with Gasteiger partial charge in [0.2, 0.25) is 0 Å². The predicted octanol–water partition coefficient (Wildman–Crippen LogP) is 4.45. The number of nitrogens with two attached hydrogens (primary N) is 1. The first kappa shape index (κ1) is 24.8. The molecule has 0 bridgehead atoms. The van der Waals surface area contributed by atoms with Gasteiger partial charge in [0, 0.05) is 49.0 Å². The van der Waals surface area contributed by atoms with E-state index in [4.69, 9.17) is 5.73 Å². The van der Waals surface area contributed by atoms with Crippen molar-refractivity contribution < 1.29 is 27.5 Å². The molecule has 2 aromatic carbocycles. The zero-order valence-electron chi connectivity index (χ0n) is 19.8. The molecule has 6 nitrogen and oxygen atoms in total. The fourth-order valence-electron chi connectivity index (χ4n) is 6.13. The van der Waals surface area contributed by atoms with Gasteiger partial charge < -0.3 is 21.1 Å². The highest BCUT2D eigenvalue weighted by atomic mass is 19.4. The summed E-state index contributed by atoms with van der Waals surface area (Å²) < 4.78 is 53.3.